The number of halogens is 6. The molecule has 0 spiro atoms. The maximum Gasteiger partial charge on any atom is 0.151 e. The molecule has 6 heterocycles. The van der Waals surface area contributed by atoms with E-state index in [9.17, 15) is 13.2 Å². The maximum atomic E-state index is 14.3. The zero-order chi connectivity index (χ0) is 52.2. The van der Waals surface area contributed by atoms with Crippen molar-refractivity contribution in [2.24, 2.45) is 32.2 Å². The number of nitrogens with zero attached hydrogens (tertiary/aromatic N) is 9. The molecular weight excluding hydrogens is 1020 g/mol. The highest BCUT2D eigenvalue weighted by molar-refractivity contribution is 6.32. The number of fused-ring (bicyclic) bond motifs is 3. The van der Waals surface area contributed by atoms with Gasteiger partial charge in [0, 0.05) is 52.9 Å². The Hall–Kier alpha value is -6.15. The van der Waals surface area contributed by atoms with E-state index in [0.717, 1.165) is 55.6 Å². The fourth-order valence-corrected chi connectivity index (χ4v) is 10.9. The minimum atomic E-state index is -0.479. The van der Waals surface area contributed by atoms with E-state index < -0.39 is 17.5 Å². The van der Waals surface area contributed by atoms with Gasteiger partial charge in [0.2, 0.25) is 0 Å². The van der Waals surface area contributed by atoms with E-state index in [2.05, 4.69) is 60.8 Å². The summed E-state index contributed by atoms with van der Waals surface area (Å²) >= 11 is 17.6. The fraction of sp³-hybridized carbons (Fsp3) is 0.389. The largest absolute Gasteiger partial charge is 0.364 e. The van der Waals surface area contributed by atoms with Crippen LogP contribution in [0.2, 0.25) is 15.1 Å². The molecule has 21 heteroatoms. The summed E-state index contributed by atoms with van der Waals surface area (Å²) in [4.78, 5) is 40.5. The second-order valence-electron chi connectivity index (χ2n) is 19.5. The summed E-state index contributed by atoms with van der Waals surface area (Å²) in [5, 5.41) is 10.4. The van der Waals surface area contributed by atoms with Crippen molar-refractivity contribution >= 4 is 69.4 Å². The molecule has 3 aliphatic carbocycles. The topological polar surface area (TPSA) is 229 Å². The Balaban J connectivity index is 0.000000128. The number of nitrogens with one attached hydrogen (secondary N) is 3. The number of aliphatic imine (C=N–C) groups is 3. The predicted molar refractivity (Wildman–Crippen MR) is 290 cm³/mol. The molecule has 0 bridgehead atoms. The Labute approximate surface area is 448 Å². The van der Waals surface area contributed by atoms with Gasteiger partial charge in [-0.3, -0.25) is 15.0 Å². The molecule has 6 aliphatic rings. The molecule has 75 heavy (non-hydrogen) atoms. The number of nitrogens with two attached hydrogens (primary N) is 3. The van der Waals surface area contributed by atoms with Gasteiger partial charge in [0.05, 0.1) is 87.5 Å². The molecule has 3 saturated carbocycles. The van der Waals surface area contributed by atoms with Gasteiger partial charge >= 0.3 is 0 Å². The average molecular weight is 1080 g/mol. The van der Waals surface area contributed by atoms with Crippen LogP contribution < -0.4 is 33.2 Å². The quantitative estimate of drug-likeness (QED) is 0.0795. The highest BCUT2D eigenvalue weighted by atomic mass is 35.5. The van der Waals surface area contributed by atoms with Crippen molar-refractivity contribution in [2.75, 3.05) is 16.0 Å². The number of anilines is 3. The Kier molecular flexibility index (Phi) is 16.3. The SMILES string of the molecule is N[C@@H]1CCCC[C@@H]1Nc1cnc2c(n1)CN=C2c1cccc(Cl)c1F.N[C@@H]1CCCC[C@H]1Nc1cnc2c(n1)CN=C2c1cccc(Cl)c1F.N[C@H]1CCCC[C@@H]1Nc1cnc2c(n1)CN=C2c1cccc(Cl)c1F. The molecule has 3 aromatic heterocycles. The minimum Gasteiger partial charge on any atom is -0.364 e. The van der Waals surface area contributed by atoms with Gasteiger partial charge in [0.1, 0.15) is 34.5 Å². The van der Waals surface area contributed by atoms with Gasteiger partial charge in [-0.1, -0.05) is 91.5 Å². The van der Waals surface area contributed by atoms with E-state index in [0.29, 0.717) is 88.0 Å². The van der Waals surface area contributed by atoms with Crippen LogP contribution in [0, 0.1) is 17.5 Å². The Morgan fingerprint density at radius 1 is 0.413 bits per heavy atom. The Morgan fingerprint density at radius 3 is 0.973 bits per heavy atom. The summed E-state index contributed by atoms with van der Waals surface area (Å²) in [7, 11) is 0. The van der Waals surface area contributed by atoms with Crippen LogP contribution in [0.25, 0.3) is 0 Å². The van der Waals surface area contributed by atoms with Gasteiger partial charge in [-0.25, -0.2) is 43.1 Å². The summed E-state index contributed by atoms with van der Waals surface area (Å²) in [6.07, 6.45) is 18.2. The van der Waals surface area contributed by atoms with Gasteiger partial charge in [-0.2, -0.15) is 0 Å². The third-order valence-corrected chi connectivity index (χ3v) is 15.3. The molecular formula is C54H57Cl3F3N15. The van der Waals surface area contributed by atoms with E-state index in [4.69, 9.17) is 52.0 Å². The highest BCUT2D eigenvalue weighted by Crippen LogP contribution is 2.31. The van der Waals surface area contributed by atoms with Crippen LogP contribution in [-0.4, -0.2) is 83.3 Å². The van der Waals surface area contributed by atoms with Crippen LogP contribution in [0.4, 0.5) is 30.6 Å². The molecule has 3 aliphatic heterocycles. The van der Waals surface area contributed by atoms with Crippen LogP contribution >= 0.6 is 34.8 Å². The van der Waals surface area contributed by atoms with Crippen molar-refractivity contribution in [1.29, 1.82) is 0 Å². The van der Waals surface area contributed by atoms with Crippen molar-refractivity contribution < 1.29 is 13.2 Å². The van der Waals surface area contributed by atoms with Crippen LogP contribution in [0.1, 0.15) is 128 Å². The second kappa shape index (κ2) is 23.4. The minimum absolute atomic E-state index is 0.0752. The molecule has 390 valence electrons. The van der Waals surface area contributed by atoms with Gasteiger partial charge in [0.15, 0.2) is 17.5 Å². The first kappa shape index (κ1) is 52.3. The standard InChI is InChI=1S/3C18H19ClFN5/c3*19-11-5-3-4-10(16(11)20)17-18-14(8-22-17)25-15(9-23-18)24-13-7-2-1-6-12(13)21/h3*3-5,9,12-13H,1-2,6-8,21H2,(H,24,25)/t12-,13+;2*12-,13-/m110/s1. The lowest BCUT2D eigenvalue weighted by Gasteiger charge is -2.29. The maximum absolute atomic E-state index is 14.3. The first-order valence-electron chi connectivity index (χ1n) is 25.5. The number of rotatable bonds is 9. The number of benzene rings is 3. The predicted octanol–water partition coefficient (Wildman–Crippen LogP) is 9.91. The summed E-state index contributed by atoms with van der Waals surface area (Å²) < 4.78 is 42.9. The van der Waals surface area contributed by atoms with Crippen LogP contribution in [-0.2, 0) is 19.6 Å². The molecule has 6 atom stereocenters. The van der Waals surface area contributed by atoms with Gasteiger partial charge in [-0.15, -0.1) is 0 Å². The lowest BCUT2D eigenvalue weighted by atomic mass is 9.91. The number of aromatic nitrogens is 6. The normalized spacial score (nSPS) is 22.4. The number of hydrogen-bond acceptors (Lipinski definition) is 15. The molecule has 0 saturated heterocycles. The van der Waals surface area contributed by atoms with Crippen molar-refractivity contribution in [3.8, 4) is 0 Å². The molecule has 0 radical (unpaired) electrons. The third kappa shape index (κ3) is 11.7. The smallest absolute Gasteiger partial charge is 0.151 e. The van der Waals surface area contributed by atoms with E-state index >= 15 is 0 Å². The third-order valence-electron chi connectivity index (χ3n) is 14.4. The lowest BCUT2D eigenvalue weighted by molar-refractivity contribution is 0.403. The molecule has 9 N–H and O–H groups in total. The molecule has 15 nitrogen and oxygen atoms in total. The summed E-state index contributed by atoms with van der Waals surface area (Å²) in [6.45, 7) is 1.15. The van der Waals surface area contributed by atoms with Crippen molar-refractivity contribution in [1.82, 2.24) is 29.9 Å². The molecule has 0 amide bonds. The molecule has 3 fully saturated rings. The molecule has 12 rings (SSSR count). The van der Waals surface area contributed by atoms with E-state index in [1.165, 1.54) is 56.7 Å². The zero-order valence-corrected chi connectivity index (χ0v) is 43.3. The van der Waals surface area contributed by atoms with Crippen LogP contribution in [0.3, 0.4) is 0 Å². The summed E-state index contributed by atoms with van der Waals surface area (Å²) in [5.74, 6) is 0.659. The summed E-state index contributed by atoms with van der Waals surface area (Å²) in [6, 6.07) is 15.7. The Bertz CT molecular complexity index is 2850. The first-order chi connectivity index (χ1) is 36.4. The molecule has 6 aromatic rings. The first-order valence-corrected chi connectivity index (χ1v) is 26.6. The van der Waals surface area contributed by atoms with E-state index in [1.54, 1.807) is 55.0 Å². The van der Waals surface area contributed by atoms with Gasteiger partial charge in [-0.05, 0) is 74.9 Å². The van der Waals surface area contributed by atoms with E-state index in [-0.39, 0.29) is 51.3 Å². The Morgan fingerprint density at radius 2 is 0.693 bits per heavy atom. The monoisotopic (exact) mass is 1080 g/mol. The lowest BCUT2D eigenvalue weighted by Crippen LogP contribution is -2.42. The fourth-order valence-electron chi connectivity index (χ4n) is 10.4. The van der Waals surface area contributed by atoms with Crippen molar-refractivity contribution in [3.63, 3.8) is 0 Å². The van der Waals surface area contributed by atoms with Crippen LogP contribution in [0.15, 0.2) is 88.2 Å². The van der Waals surface area contributed by atoms with Gasteiger partial charge < -0.3 is 33.2 Å². The zero-order valence-electron chi connectivity index (χ0n) is 41.0. The molecule has 3 aromatic carbocycles. The molecule has 0 unspecified atom stereocenters. The average Bonchev–Trinajstić information content (AvgIpc) is 4.16. The van der Waals surface area contributed by atoms with Crippen molar-refractivity contribution in [2.45, 2.75) is 133 Å². The number of hydrogen-bond donors (Lipinski definition) is 6. The van der Waals surface area contributed by atoms with Gasteiger partial charge in [0.25, 0.3) is 0 Å². The van der Waals surface area contributed by atoms with E-state index in [1.807, 2.05) is 0 Å². The highest BCUT2D eigenvalue weighted by Gasteiger charge is 2.30. The van der Waals surface area contributed by atoms with Crippen molar-refractivity contribution in [3.05, 3.63) is 157 Å². The van der Waals surface area contributed by atoms with Crippen LogP contribution in [0.5, 0.6) is 0 Å². The second-order valence-corrected chi connectivity index (χ2v) is 20.8. The summed E-state index contributed by atoms with van der Waals surface area (Å²) in [5.41, 5.74) is 25.2.